The van der Waals surface area contributed by atoms with Gasteiger partial charge in [-0.2, -0.15) is 0 Å². The predicted molar refractivity (Wildman–Crippen MR) is 80.9 cm³/mol. The van der Waals surface area contributed by atoms with Crippen molar-refractivity contribution in [1.29, 1.82) is 0 Å². The zero-order valence-corrected chi connectivity index (χ0v) is 13.8. The number of likely N-dealkylation sites (N-methyl/N-ethyl adjacent to an activating group) is 1. The van der Waals surface area contributed by atoms with Crippen LogP contribution in [0.25, 0.3) is 0 Å². The van der Waals surface area contributed by atoms with E-state index in [1.165, 1.54) is 26.0 Å². The normalized spacial score (nSPS) is 22.7. The van der Waals surface area contributed by atoms with Gasteiger partial charge in [0.1, 0.15) is 6.04 Å². The van der Waals surface area contributed by atoms with Gasteiger partial charge in [0.25, 0.3) is 5.91 Å². The summed E-state index contributed by atoms with van der Waals surface area (Å²) in [6.07, 6.45) is 0.186. The van der Waals surface area contributed by atoms with Crippen LogP contribution in [0.3, 0.4) is 0 Å². The van der Waals surface area contributed by atoms with E-state index in [-0.39, 0.29) is 5.91 Å². The molecule has 1 heterocycles. The molecule has 132 valence electrons. The van der Waals surface area contributed by atoms with Crippen molar-refractivity contribution in [3.8, 4) is 0 Å². The summed E-state index contributed by atoms with van der Waals surface area (Å²) in [5.74, 6) is -1.03. The average molecular weight is 331 g/mol. The van der Waals surface area contributed by atoms with Crippen molar-refractivity contribution in [2.75, 3.05) is 27.8 Å². The van der Waals surface area contributed by atoms with Gasteiger partial charge in [-0.25, -0.2) is 4.79 Å². The Kier molecular flexibility index (Phi) is 5.92. The molecule has 23 heavy (non-hydrogen) atoms. The summed E-state index contributed by atoms with van der Waals surface area (Å²) in [7, 11) is 3.87. The molecule has 0 bridgehead atoms. The highest BCUT2D eigenvalue weighted by Gasteiger charge is 2.55. The summed E-state index contributed by atoms with van der Waals surface area (Å²) >= 11 is 0. The topological polar surface area (TPSA) is 149 Å². The van der Waals surface area contributed by atoms with Gasteiger partial charge in [0.15, 0.2) is 5.72 Å². The Labute approximate surface area is 134 Å². The van der Waals surface area contributed by atoms with Crippen LogP contribution in [0.2, 0.25) is 0 Å². The number of methoxy groups -OCH3 is 2. The molecule has 3 amide bonds. The van der Waals surface area contributed by atoms with Crippen molar-refractivity contribution in [3.63, 3.8) is 0 Å². The van der Waals surface area contributed by atoms with Crippen LogP contribution in [0.5, 0.6) is 0 Å². The standard InChI is InChI=1S/C13H25N5O5/c1-12(14,23-4)13(15,17-11(21)22-3)10(20)18-7-5-6-8(18)9(19)16-2/h8H,5-7,14-15H2,1-4H3,(H,16,19)(H,17,21)/t8?,12-,13-/m1/s1. The molecule has 0 saturated carbocycles. The summed E-state index contributed by atoms with van der Waals surface area (Å²) < 4.78 is 9.59. The van der Waals surface area contributed by atoms with Crippen molar-refractivity contribution in [2.24, 2.45) is 11.5 Å². The van der Waals surface area contributed by atoms with Crippen LogP contribution in [-0.2, 0) is 19.1 Å². The molecule has 3 atom stereocenters. The Morgan fingerprint density at radius 2 is 1.87 bits per heavy atom. The van der Waals surface area contributed by atoms with Gasteiger partial charge in [-0.15, -0.1) is 0 Å². The van der Waals surface area contributed by atoms with Gasteiger partial charge >= 0.3 is 6.09 Å². The van der Waals surface area contributed by atoms with Crippen LogP contribution in [0.1, 0.15) is 19.8 Å². The lowest BCUT2D eigenvalue weighted by Crippen LogP contribution is -2.80. The fraction of sp³-hybridized carbons (Fsp3) is 0.769. The number of nitrogens with two attached hydrogens (primary N) is 2. The molecule has 1 fully saturated rings. The lowest BCUT2D eigenvalue weighted by molar-refractivity contribution is -0.156. The second-order valence-electron chi connectivity index (χ2n) is 5.51. The monoisotopic (exact) mass is 331 g/mol. The molecule has 10 nitrogen and oxygen atoms in total. The van der Waals surface area contributed by atoms with E-state index in [9.17, 15) is 14.4 Å². The molecule has 0 spiro atoms. The van der Waals surface area contributed by atoms with E-state index in [0.29, 0.717) is 19.4 Å². The first kappa shape index (κ1) is 19.1. The quantitative estimate of drug-likeness (QED) is 0.428. The maximum atomic E-state index is 12.9. The Balaban J connectivity index is 3.18. The molecule has 0 aliphatic carbocycles. The third-order valence-corrected chi connectivity index (χ3v) is 4.09. The number of carbonyl (C=O) groups is 3. The number of ether oxygens (including phenoxy) is 2. The molecule has 6 N–H and O–H groups in total. The van der Waals surface area contributed by atoms with Crippen LogP contribution in [0.15, 0.2) is 0 Å². The Hall–Kier alpha value is -1.91. The minimum atomic E-state index is -2.11. The maximum absolute atomic E-state index is 12.9. The SMILES string of the molecule is CNC(=O)C1CCCN1C(=O)[C@@](N)(NC(=O)OC)[C@](C)(N)OC. The molecule has 1 aliphatic rings. The molecule has 1 unspecified atom stereocenters. The number of hydrogen-bond donors (Lipinski definition) is 4. The largest absolute Gasteiger partial charge is 0.453 e. The number of likely N-dealkylation sites (tertiary alicyclic amines) is 1. The van der Waals surface area contributed by atoms with Gasteiger partial charge in [-0.3, -0.25) is 20.6 Å². The minimum absolute atomic E-state index is 0.313. The molecule has 0 aromatic rings. The van der Waals surface area contributed by atoms with E-state index in [0.717, 1.165) is 7.11 Å². The number of alkyl carbamates (subject to hydrolysis) is 1. The lowest BCUT2D eigenvalue weighted by Gasteiger charge is -2.43. The summed E-state index contributed by atoms with van der Waals surface area (Å²) in [4.78, 5) is 37.8. The van der Waals surface area contributed by atoms with E-state index in [1.54, 1.807) is 0 Å². The zero-order valence-electron chi connectivity index (χ0n) is 13.8. The van der Waals surface area contributed by atoms with E-state index in [4.69, 9.17) is 16.2 Å². The fourth-order valence-corrected chi connectivity index (χ4v) is 2.44. The van der Waals surface area contributed by atoms with Gasteiger partial charge < -0.3 is 25.4 Å². The molecule has 0 aromatic carbocycles. The highest BCUT2D eigenvalue weighted by atomic mass is 16.5. The van der Waals surface area contributed by atoms with Crippen LogP contribution >= 0.6 is 0 Å². The van der Waals surface area contributed by atoms with Crippen LogP contribution < -0.4 is 22.1 Å². The van der Waals surface area contributed by atoms with Gasteiger partial charge in [-0.1, -0.05) is 0 Å². The first-order valence-electron chi connectivity index (χ1n) is 7.16. The number of amides is 3. The van der Waals surface area contributed by atoms with E-state index >= 15 is 0 Å². The van der Waals surface area contributed by atoms with E-state index in [1.807, 2.05) is 0 Å². The number of nitrogens with zero attached hydrogens (tertiary/aromatic N) is 1. The van der Waals surface area contributed by atoms with Gasteiger partial charge in [-0.05, 0) is 19.8 Å². The van der Waals surface area contributed by atoms with Gasteiger partial charge in [0.2, 0.25) is 11.6 Å². The van der Waals surface area contributed by atoms with E-state index < -0.39 is 29.4 Å². The van der Waals surface area contributed by atoms with Crippen LogP contribution in [0.4, 0.5) is 4.79 Å². The van der Waals surface area contributed by atoms with Crippen molar-refractivity contribution >= 4 is 17.9 Å². The summed E-state index contributed by atoms with van der Waals surface area (Å²) in [5, 5.41) is 4.73. The highest BCUT2D eigenvalue weighted by molar-refractivity contribution is 5.95. The first-order chi connectivity index (χ1) is 10.6. The maximum Gasteiger partial charge on any atom is 0.408 e. The molecule has 10 heteroatoms. The number of rotatable bonds is 5. The molecular formula is C13H25N5O5. The van der Waals surface area contributed by atoms with Crippen molar-refractivity contribution < 1.29 is 23.9 Å². The molecule has 0 radical (unpaired) electrons. The van der Waals surface area contributed by atoms with Gasteiger partial charge in [0, 0.05) is 20.7 Å². The summed E-state index contributed by atoms with van der Waals surface area (Å²) in [6.45, 7) is 1.67. The average Bonchev–Trinajstić information content (AvgIpc) is 3.02. The molecule has 1 rings (SSSR count). The minimum Gasteiger partial charge on any atom is -0.453 e. The fourth-order valence-electron chi connectivity index (χ4n) is 2.44. The Bertz CT molecular complexity index is 483. The van der Waals surface area contributed by atoms with Crippen molar-refractivity contribution in [2.45, 2.75) is 37.2 Å². The molecule has 1 saturated heterocycles. The Morgan fingerprint density at radius 1 is 1.26 bits per heavy atom. The number of hydrogen-bond acceptors (Lipinski definition) is 7. The first-order valence-corrected chi connectivity index (χ1v) is 7.16. The third kappa shape index (κ3) is 3.54. The molecule has 0 aromatic heterocycles. The van der Waals surface area contributed by atoms with Crippen molar-refractivity contribution in [3.05, 3.63) is 0 Å². The third-order valence-electron chi connectivity index (χ3n) is 4.09. The zero-order chi connectivity index (χ0) is 17.8. The Morgan fingerprint density at radius 3 is 2.35 bits per heavy atom. The molecular weight excluding hydrogens is 306 g/mol. The second-order valence-corrected chi connectivity index (χ2v) is 5.51. The smallest absolute Gasteiger partial charge is 0.408 e. The van der Waals surface area contributed by atoms with E-state index in [2.05, 4.69) is 15.4 Å². The lowest BCUT2D eigenvalue weighted by atomic mass is 9.96. The highest BCUT2D eigenvalue weighted by Crippen LogP contribution is 2.25. The predicted octanol–water partition coefficient (Wildman–Crippen LogP) is -1.94. The summed E-state index contributed by atoms with van der Waals surface area (Å²) in [5.41, 5.74) is 8.23. The van der Waals surface area contributed by atoms with Crippen LogP contribution in [0, 0.1) is 0 Å². The number of carbonyl (C=O) groups excluding carboxylic acids is 3. The second kappa shape index (κ2) is 7.11. The molecule has 1 aliphatic heterocycles. The number of nitrogens with one attached hydrogen (secondary N) is 2. The summed E-state index contributed by atoms with van der Waals surface area (Å²) in [6, 6.07) is -0.678. The van der Waals surface area contributed by atoms with Crippen LogP contribution in [-0.4, -0.2) is 68.0 Å². The van der Waals surface area contributed by atoms with Crippen molar-refractivity contribution in [1.82, 2.24) is 15.5 Å². The van der Waals surface area contributed by atoms with Gasteiger partial charge in [0.05, 0.1) is 7.11 Å².